The summed E-state index contributed by atoms with van der Waals surface area (Å²) in [4.78, 5) is 53.2. The van der Waals surface area contributed by atoms with E-state index in [1.54, 1.807) is 6.07 Å². The minimum atomic E-state index is -0.921. The third-order valence-electron chi connectivity index (χ3n) is 7.83. The summed E-state index contributed by atoms with van der Waals surface area (Å²) in [5.41, 5.74) is 1.70. The van der Waals surface area contributed by atoms with Crippen LogP contribution in [0, 0.1) is 17.8 Å². The largest absolute Gasteiger partial charge is 0.368 e. The van der Waals surface area contributed by atoms with E-state index in [1.807, 2.05) is 12.1 Å². The summed E-state index contributed by atoms with van der Waals surface area (Å²) in [6.45, 7) is 3.15. The zero-order valence-electron chi connectivity index (χ0n) is 16.6. The Hall–Kier alpha value is -2.74. The van der Waals surface area contributed by atoms with Crippen molar-refractivity contribution in [2.75, 3.05) is 24.5 Å². The van der Waals surface area contributed by atoms with Crippen LogP contribution in [-0.4, -0.2) is 60.2 Å². The molecule has 4 saturated heterocycles. The quantitative estimate of drug-likeness (QED) is 0.693. The fourth-order valence-corrected chi connectivity index (χ4v) is 6.41. The Morgan fingerprint density at radius 2 is 1.70 bits per heavy atom. The molecular formula is C22H24N4O4. The summed E-state index contributed by atoms with van der Waals surface area (Å²) in [5, 5.41) is 5.79. The number of benzene rings is 1. The van der Waals surface area contributed by atoms with Gasteiger partial charge in [0.1, 0.15) is 6.04 Å². The summed E-state index contributed by atoms with van der Waals surface area (Å²) in [6, 6.07) is 5.04. The Bertz CT molecular complexity index is 991. The number of carbonyl (C=O) groups is 4. The molecule has 1 aliphatic carbocycles. The van der Waals surface area contributed by atoms with E-state index in [1.165, 1.54) is 12.8 Å². The first-order valence-corrected chi connectivity index (χ1v) is 10.9. The molecule has 5 fully saturated rings. The maximum absolute atomic E-state index is 13.1. The molecule has 5 aliphatic heterocycles. The lowest BCUT2D eigenvalue weighted by Gasteiger charge is -2.53. The van der Waals surface area contributed by atoms with Crippen molar-refractivity contribution >= 4 is 29.3 Å². The van der Waals surface area contributed by atoms with Gasteiger partial charge in [-0.25, -0.2) is 0 Å². The van der Waals surface area contributed by atoms with Crippen molar-refractivity contribution in [3.63, 3.8) is 0 Å². The normalized spacial score (nSPS) is 35.0. The van der Waals surface area contributed by atoms with E-state index >= 15 is 0 Å². The molecule has 2 bridgehead atoms. The Labute approximate surface area is 174 Å². The van der Waals surface area contributed by atoms with Crippen LogP contribution in [0.5, 0.6) is 0 Å². The number of rotatable bonds is 2. The van der Waals surface area contributed by atoms with Gasteiger partial charge in [0.25, 0.3) is 11.8 Å². The standard InChI is InChI=1S/C22H24N4O4/c27-19-6-5-18(20(28)24-19)26-21(29)13-3-2-12(7-14(13)22(26)30)25-10-11-1-4-17(25)16-9-23-8-15(11)16/h2-3,7,11,15-18,23H,1,4-6,8-10H2,(H,24,27,28). The number of hydrogen-bond donors (Lipinski definition) is 2. The Kier molecular flexibility index (Phi) is 3.84. The molecule has 1 aromatic rings. The van der Waals surface area contributed by atoms with Crippen LogP contribution in [0.4, 0.5) is 5.69 Å². The molecular weight excluding hydrogens is 384 g/mol. The smallest absolute Gasteiger partial charge is 0.262 e. The zero-order valence-corrected chi connectivity index (χ0v) is 16.6. The predicted octanol–water partition coefficient (Wildman–Crippen LogP) is 0.522. The fraction of sp³-hybridized carbons (Fsp3) is 0.545. The highest BCUT2D eigenvalue weighted by Crippen LogP contribution is 2.47. The van der Waals surface area contributed by atoms with E-state index in [0.717, 1.165) is 36.1 Å². The van der Waals surface area contributed by atoms with Crippen LogP contribution in [0.25, 0.3) is 0 Å². The fourth-order valence-electron chi connectivity index (χ4n) is 6.41. The molecule has 0 aromatic heterocycles. The van der Waals surface area contributed by atoms with Gasteiger partial charge in [0.15, 0.2) is 0 Å². The lowest BCUT2D eigenvalue weighted by molar-refractivity contribution is -0.136. The number of carbonyl (C=O) groups excluding carboxylic acids is 4. The van der Waals surface area contributed by atoms with E-state index in [2.05, 4.69) is 15.5 Å². The second-order valence-electron chi connectivity index (χ2n) is 9.22. The van der Waals surface area contributed by atoms with Gasteiger partial charge in [0.05, 0.1) is 11.1 Å². The summed E-state index contributed by atoms with van der Waals surface area (Å²) in [5.74, 6) is 0.235. The van der Waals surface area contributed by atoms with Crippen molar-refractivity contribution < 1.29 is 19.2 Å². The molecule has 8 nitrogen and oxygen atoms in total. The number of imide groups is 2. The molecule has 30 heavy (non-hydrogen) atoms. The number of amides is 4. The molecule has 1 saturated carbocycles. The maximum atomic E-state index is 13.1. The van der Waals surface area contributed by atoms with Crippen LogP contribution in [0.2, 0.25) is 0 Å². The zero-order chi connectivity index (χ0) is 20.6. The molecule has 0 spiro atoms. The van der Waals surface area contributed by atoms with Crippen molar-refractivity contribution in [2.24, 2.45) is 17.8 Å². The highest BCUT2D eigenvalue weighted by atomic mass is 16.2. The molecule has 6 aliphatic rings. The highest BCUT2D eigenvalue weighted by Gasteiger charge is 2.50. The van der Waals surface area contributed by atoms with E-state index in [9.17, 15) is 19.2 Å². The monoisotopic (exact) mass is 408 g/mol. The van der Waals surface area contributed by atoms with E-state index < -0.39 is 23.8 Å². The molecule has 5 unspecified atom stereocenters. The van der Waals surface area contributed by atoms with Gasteiger partial charge >= 0.3 is 0 Å². The lowest BCUT2D eigenvalue weighted by Crippen LogP contribution is -2.57. The van der Waals surface area contributed by atoms with Crippen LogP contribution in [-0.2, 0) is 9.59 Å². The number of fused-ring (bicyclic) bond motifs is 3. The molecule has 2 N–H and O–H groups in total. The number of anilines is 1. The van der Waals surface area contributed by atoms with Crippen LogP contribution < -0.4 is 15.5 Å². The first-order valence-electron chi connectivity index (χ1n) is 10.9. The first kappa shape index (κ1) is 18.1. The van der Waals surface area contributed by atoms with Gasteiger partial charge in [0.2, 0.25) is 11.8 Å². The van der Waals surface area contributed by atoms with E-state index in [-0.39, 0.29) is 18.7 Å². The topological polar surface area (TPSA) is 98.8 Å². The van der Waals surface area contributed by atoms with Gasteiger partial charge in [-0.1, -0.05) is 0 Å². The van der Waals surface area contributed by atoms with Crippen LogP contribution in [0.1, 0.15) is 46.4 Å². The average Bonchev–Trinajstić information content (AvgIpc) is 3.34. The van der Waals surface area contributed by atoms with Crippen molar-refractivity contribution in [3.05, 3.63) is 29.3 Å². The Morgan fingerprint density at radius 3 is 2.53 bits per heavy atom. The van der Waals surface area contributed by atoms with Gasteiger partial charge in [-0.15, -0.1) is 0 Å². The average molecular weight is 408 g/mol. The van der Waals surface area contributed by atoms with Gasteiger partial charge < -0.3 is 10.2 Å². The first-order chi connectivity index (χ1) is 14.5. The van der Waals surface area contributed by atoms with Gasteiger partial charge in [0, 0.05) is 31.2 Å². The third-order valence-corrected chi connectivity index (χ3v) is 7.83. The van der Waals surface area contributed by atoms with Gasteiger partial charge in [-0.2, -0.15) is 0 Å². The number of hydrogen-bond acceptors (Lipinski definition) is 6. The van der Waals surface area contributed by atoms with Crippen molar-refractivity contribution in [1.82, 2.24) is 15.5 Å². The minimum Gasteiger partial charge on any atom is -0.368 e. The predicted molar refractivity (Wildman–Crippen MR) is 107 cm³/mol. The molecule has 1 aromatic carbocycles. The van der Waals surface area contributed by atoms with E-state index in [4.69, 9.17) is 0 Å². The van der Waals surface area contributed by atoms with E-state index in [0.29, 0.717) is 29.0 Å². The van der Waals surface area contributed by atoms with Crippen molar-refractivity contribution in [3.8, 4) is 0 Å². The van der Waals surface area contributed by atoms with Gasteiger partial charge in [-0.05, 0) is 61.8 Å². The molecule has 8 heteroatoms. The maximum Gasteiger partial charge on any atom is 0.262 e. The Morgan fingerprint density at radius 1 is 0.900 bits per heavy atom. The molecule has 0 radical (unpaired) electrons. The third kappa shape index (κ3) is 2.43. The summed E-state index contributed by atoms with van der Waals surface area (Å²) in [6.07, 6.45) is 2.73. The number of piperidine rings is 3. The molecule has 5 heterocycles. The van der Waals surface area contributed by atoms with Crippen molar-refractivity contribution in [1.29, 1.82) is 0 Å². The summed E-state index contributed by atoms with van der Waals surface area (Å²) < 4.78 is 0. The highest BCUT2D eigenvalue weighted by molar-refractivity contribution is 6.23. The number of nitrogens with one attached hydrogen (secondary N) is 2. The van der Waals surface area contributed by atoms with Crippen LogP contribution in [0.3, 0.4) is 0 Å². The molecule has 4 amide bonds. The molecule has 7 rings (SSSR count). The minimum absolute atomic E-state index is 0.127. The number of nitrogens with zero attached hydrogens (tertiary/aromatic N) is 2. The second-order valence-corrected chi connectivity index (χ2v) is 9.22. The Balaban J connectivity index is 1.30. The SMILES string of the molecule is O=C1CCC(N2C(=O)c3ccc(N4CC5CCC4C4CNCC54)cc3C2=O)C(=O)N1. The summed E-state index contributed by atoms with van der Waals surface area (Å²) >= 11 is 0. The summed E-state index contributed by atoms with van der Waals surface area (Å²) in [7, 11) is 0. The van der Waals surface area contributed by atoms with Crippen LogP contribution >= 0.6 is 0 Å². The molecule has 5 atom stereocenters. The van der Waals surface area contributed by atoms with Crippen LogP contribution in [0.15, 0.2) is 18.2 Å². The lowest BCUT2D eigenvalue weighted by atomic mass is 9.66. The van der Waals surface area contributed by atoms with Crippen molar-refractivity contribution in [2.45, 2.75) is 37.8 Å². The second kappa shape index (κ2) is 6.38. The van der Waals surface area contributed by atoms with Gasteiger partial charge in [-0.3, -0.25) is 29.4 Å². The molecule has 156 valence electrons.